The van der Waals surface area contributed by atoms with E-state index in [9.17, 15) is 4.79 Å². The van der Waals surface area contributed by atoms with E-state index in [0.29, 0.717) is 0 Å². The van der Waals surface area contributed by atoms with Crippen LogP contribution in [0.5, 0.6) is 0 Å². The minimum atomic E-state index is -0.119. The van der Waals surface area contributed by atoms with E-state index < -0.39 is 0 Å². The van der Waals surface area contributed by atoms with Crippen LogP contribution < -0.4 is 5.32 Å². The molecule has 102 valence electrons. The van der Waals surface area contributed by atoms with Crippen molar-refractivity contribution in [1.29, 1.82) is 0 Å². The largest absolute Gasteiger partial charge is 0.469 e. The summed E-state index contributed by atoms with van der Waals surface area (Å²) in [6.45, 7) is 2.90. The van der Waals surface area contributed by atoms with Gasteiger partial charge >= 0.3 is 5.97 Å². The number of esters is 1. The van der Waals surface area contributed by atoms with Crippen molar-refractivity contribution in [3.63, 3.8) is 0 Å². The van der Waals surface area contributed by atoms with E-state index in [1.165, 1.54) is 18.2 Å². The molecule has 0 spiro atoms. The summed E-state index contributed by atoms with van der Waals surface area (Å²) in [6.07, 6.45) is 5.84. The third-order valence-electron chi connectivity index (χ3n) is 3.75. The van der Waals surface area contributed by atoms with Crippen LogP contribution in [0.2, 0.25) is 0 Å². The Morgan fingerprint density at radius 2 is 2.05 bits per heavy atom. The van der Waals surface area contributed by atoms with Crippen molar-refractivity contribution >= 4 is 5.97 Å². The summed E-state index contributed by atoms with van der Waals surface area (Å²) < 4.78 is 4.88. The highest BCUT2D eigenvalue weighted by molar-refractivity contribution is 5.73. The zero-order valence-electron chi connectivity index (χ0n) is 11.6. The minimum absolute atomic E-state index is 0.0704. The van der Waals surface area contributed by atoms with Gasteiger partial charge in [0.1, 0.15) is 0 Å². The maximum Gasteiger partial charge on any atom is 0.310 e. The van der Waals surface area contributed by atoms with Gasteiger partial charge in [0.25, 0.3) is 0 Å². The molecule has 1 N–H and O–H groups in total. The molecule has 0 saturated heterocycles. The molecule has 0 aromatic heterocycles. The molecule has 0 bridgehead atoms. The number of methoxy groups -OCH3 is 1. The highest BCUT2D eigenvalue weighted by Crippen LogP contribution is 2.21. The third kappa shape index (κ3) is 3.44. The number of ether oxygens (including phenoxy) is 1. The van der Waals surface area contributed by atoms with Gasteiger partial charge in [-0.1, -0.05) is 36.4 Å². The smallest absolute Gasteiger partial charge is 0.310 e. The van der Waals surface area contributed by atoms with Gasteiger partial charge in [0.15, 0.2) is 0 Å². The van der Waals surface area contributed by atoms with Crippen molar-refractivity contribution in [3.8, 4) is 0 Å². The van der Waals surface area contributed by atoms with Crippen molar-refractivity contribution in [2.45, 2.75) is 32.4 Å². The van der Waals surface area contributed by atoms with Gasteiger partial charge in [0.2, 0.25) is 0 Å². The fourth-order valence-corrected chi connectivity index (χ4v) is 2.50. The first-order valence-electron chi connectivity index (χ1n) is 6.73. The number of carbonyl (C=O) groups excluding carboxylic acids is 1. The molecule has 2 rings (SSSR count). The molecule has 0 aliphatic heterocycles. The predicted octanol–water partition coefficient (Wildman–Crippen LogP) is 2.59. The van der Waals surface area contributed by atoms with Crippen LogP contribution in [0.15, 0.2) is 36.4 Å². The summed E-state index contributed by atoms with van der Waals surface area (Å²) >= 11 is 0. The molecule has 3 nitrogen and oxygen atoms in total. The van der Waals surface area contributed by atoms with Gasteiger partial charge in [-0.25, -0.2) is 0 Å². The van der Waals surface area contributed by atoms with Gasteiger partial charge in [-0.15, -0.1) is 0 Å². The summed E-state index contributed by atoms with van der Waals surface area (Å²) in [4.78, 5) is 11.8. The summed E-state index contributed by atoms with van der Waals surface area (Å²) in [5, 5.41) is 3.49. The zero-order chi connectivity index (χ0) is 13.7. The van der Waals surface area contributed by atoms with E-state index in [4.69, 9.17) is 4.74 Å². The lowest BCUT2D eigenvalue weighted by Gasteiger charge is -2.27. The first kappa shape index (κ1) is 13.8. The standard InChI is InChI=1S/C16H21NO2/c1-12-7-3-4-8-13(12)11-17-15-10-6-5-9-14(15)16(18)19-2/h3-8,14-15,17H,9-11H2,1-2H3/t14-,15+/m1/s1. The minimum Gasteiger partial charge on any atom is -0.469 e. The number of aryl methyl sites for hydroxylation is 1. The second-order valence-corrected chi connectivity index (χ2v) is 4.99. The van der Waals surface area contributed by atoms with Gasteiger partial charge in [0.05, 0.1) is 13.0 Å². The van der Waals surface area contributed by atoms with E-state index in [2.05, 4.69) is 36.5 Å². The molecule has 1 aliphatic rings. The third-order valence-corrected chi connectivity index (χ3v) is 3.75. The molecule has 0 fully saturated rings. The Kier molecular flexibility index (Phi) is 4.74. The van der Waals surface area contributed by atoms with Gasteiger partial charge < -0.3 is 10.1 Å². The molecule has 2 atom stereocenters. The monoisotopic (exact) mass is 259 g/mol. The van der Waals surface area contributed by atoms with Gasteiger partial charge in [0, 0.05) is 12.6 Å². The van der Waals surface area contributed by atoms with Crippen molar-refractivity contribution in [2.75, 3.05) is 7.11 Å². The number of hydrogen-bond acceptors (Lipinski definition) is 3. The second-order valence-electron chi connectivity index (χ2n) is 4.99. The average molecular weight is 259 g/mol. The van der Waals surface area contributed by atoms with Crippen molar-refractivity contribution in [2.24, 2.45) is 5.92 Å². The number of nitrogens with one attached hydrogen (secondary N) is 1. The van der Waals surface area contributed by atoms with Crippen molar-refractivity contribution in [3.05, 3.63) is 47.5 Å². The number of carbonyl (C=O) groups is 1. The zero-order valence-corrected chi connectivity index (χ0v) is 11.6. The van der Waals surface area contributed by atoms with Crippen LogP contribution in [0.1, 0.15) is 24.0 Å². The van der Waals surface area contributed by atoms with Crippen molar-refractivity contribution < 1.29 is 9.53 Å². The molecule has 19 heavy (non-hydrogen) atoms. The lowest BCUT2D eigenvalue weighted by atomic mass is 9.89. The molecule has 1 aromatic rings. The van der Waals surface area contributed by atoms with Crippen LogP contribution in [0, 0.1) is 12.8 Å². The quantitative estimate of drug-likeness (QED) is 0.667. The fraction of sp³-hybridized carbons (Fsp3) is 0.438. The summed E-state index contributed by atoms with van der Waals surface area (Å²) in [5.74, 6) is -0.189. The molecule has 0 saturated carbocycles. The SMILES string of the molecule is COC(=O)[C@@H]1CC=CC[C@@H]1NCc1ccccc1C. The molecular weight excluding hydrogens is 238 g/mol. The molecule has 1 aromatic carbocycles. The van der Waals surface area contributed by atoms with Gasteiger partial charge in [-0.2, -0.15) is 0 Å². The Bertz CT molecular complexity index is 468. The van der Waals surface area contributed by atoms with Crippen LogP contribution in [-0.2, 0) is 16.1 Å². The van der Waals surface area contributed by atoms with E-state index in [0.717, 1.165) is 19.4 Å². The number of rotatable bonds is 4. The Morgan fingerprint density at radius 3 is 2.79 bits per heavy atom. The van der Waals surface area contributed by atoms with Gasteiger partial charge in [-0.3, -0.25) is 4.79 Å². The molecule has 0 heterocycles. The summed E-state index contributed by atoms with van der Waals surface area (Å²) in [5.41, 5.74) is 2.55. The fourth-order valence-electron chi connectivity index (χ4n) is 2.50. The Morgan fingerprint density at radius 1 is 1.32 bits per heavy atom. The molecule has 1 aliphatic carbocycles. The Balaban J connectivity index is 1.99. The highest BCUT2D eigenvalue weighted by atomic mass is 16.5. The van der Waals surface area contributed by atoms with E-state index >= 15 is 0 Å². The molecule has 0 unspecified atom stereocenters. The van der Waals surface area contributed by atoms with Crippen LogP contribution in [-0.4, -0.2) is 19.1 Å². The summed E-state index contributed by atoms with van der Waals surface area (Å²) in [6, 6.07) is 8.48. The molecule has 0 radical (unpaired) electrons. The topological polar surface area (TPSA) is 38.3 Å². The first-order valence-corrected chi connectivity index (χ1v) is 6.73. The molecular formula is C16H21NO2. The second kappa shape index (κ2) is 6.53. The maximum absolute atomic E-state index is 11.8. The van der Waals surface area contributed by atoms with Crippen molar-refractivity contribution in [1.82, 2.24) is 5.32 Å². The van der Waals surface area contributed by atoms with E-state index in [1.54, 1.807) is 0 Å². The molecule has 3 heteroatoms. The molecule has 0 amide bonds. The maximum atomic E-state index is 11.8. The number of allylic oxidation sites excluding steroid dienone is 1. The lowest BCUT2D eigenvalue weighted by molar-refractivity contribution is -0.146. The summed E-state index contributed by atoms with van der Waals surface area (Å²) in [7, 11) is 1.46. The first-order chi connectivity index (χ1) is 9.22. The van der Waals surface area contributed by atoms with Crippen LogP contribution in [0.25, 0.3) is 0 Å². The van der Waals surface area contributed by atoms with Crippen LogP contribution in [0.4, 0.5) is 0 Å². The van der Waals surface area contributed by atoms with Crippen LogP contribution >= 0.6 is 0 Å². The number of benzene rings is 1. The Hall–Kier alpha value is -1.61. The average Bonchev–Trinajstić information content (AvgIpc) is 2.46. The number of hydrogen-bond donors (Lipinski definition) is 1. The highest BCUT2D eigenvalue weighted by Gasteiger charge is 2.29. The Labute approximate surface area is 114 Å². The lowest BCUT2D eigenvalue weighted by Crippen LogP contribution is -2.41. The van der Waals surface area contributed by atoms with Gasteiger partial charge in [-0.05, 0) is 30.9 Å². The van der Waals surface area contributed by atoms with Crippen LogP contribution in [0.3, 0.4) is 0 Å². The normalized spacial score (nSPS) is 22.2. The van der Waals surface area contributed by atoms with E-state index in [-0.39, 0.29) is 17.9 Å². The van der Waals surface area contributed by atoms with E-state index in [1.807, 2.05) is 12.1 Å². The predicted molar refractivity (Wildman–Crippen MR) is 75.7 cm³/mol.